The van der Waals surface area contributed by atoms with Crippen LogP contribution in [0.5, 0.6) is 5.75 Å². The van der Waals surface area contributed by atoms with Crippen LogP contribution in [0.4, 0.5) is 4.39 Å². The number of hydrogen-bond donors (Lipinski definition) is 0. The molecule has 5 heteroatoms. The van der Waals surface area contributed by atoms with Gasteiger partial charge < -0.3 is 14.1 Å². The van der Waals surface area contributed by atoms with Crippen molar-refractivity contribution >= 4 is 5.91 Å². The molecule has 134 valence electrons. The van der Waals surface area contributed by atoms with E-state index in [-0.39, 0.29) is 11.7 Å². The maximum absolute atomic E-state index is 13.9. The second kappa shape index (κ2) is 7.44. The zero-order valence-corrected chi connectivity index (χ0v) is 15.0. The molecule has 26 heavy (non-hydrogen) atoms. The molecular formula is C21H20FNO3. The number of amides is 1. The molecule has 2 aromatic carbocycles. The number of ether oxygens (including phenoxy) is 1. The summed E-state index contributed by atoms with van der Waals surface area (Å²) >= 11 is 0. The predicted octanol–water partition coefficient (Wildman–Crippen LogP) is 4.67. The van der Waals surface area contributed by atoms with Crippen molar-refractivity contribution in [3.8, 4) is 17.1 Å². The Labute approximate surface area is 151 Å². The van der Waals surface area contributed by atoms with Gasteiger partial charge >= 0.3 is 0 Å². The van der Waals surface area contributed by atoms with Crippen molar-refractivity contribution in [3.05, 3.63) is 77.3 Å². The quantitative estimate of drug-likeness (QED) is 0.669. The van der Waals surface area contributed by atoms with Gasteiger partial charge in [0, 0.05) is 19.2 Å². The fourth-order valence-electron chi connectivity index (χ4n) is 2.80. The van der Waals surface area contributed by atoms with Crippen molar-refractivity contribution in [3.63, 3.8) is 0 Å². The van der Waals surface area contributed by atoms with Gasteiger partial charge in [0.2, 0.25) is 0 Å². The lowest BCUT2D eigenvalue weighted by Gasteiger charge is -2.18. The van der Waals surface area contributed by atoms with Crippen LogP contribution >= 0.6 is 0 Å². The maximum atomic E-state index is 13.9. The van der Waals surface area contributed by atoms with Gasteiger partial charge in [-0.05, 0) is 37.3 Å². The number of rotatable bonds is 5. The molecular weight excluding hydrogens is 333 g/mol. The highest BCUT2D eigenvalue weighted by Crippen LogP contribution is 2.26. The fraction of sp³-hybridized carbons (Fsp3) is 0.190. The van der Waals surface area contributed by atoms with Gasteiger partial charge in [-0.1, -0.05) is 29.8 Å². The standard InChI is InChI=1S/C21H20FNO3/c1-14-8-9-18(25-3)15(12-14)13-23(2)21(24)20-11-10-19(26-20)16-6-4-5-7-17(16)22/h4-12H,13H2,1-3H3. The van der Waals surface area contributed by atoms with Crippen LogP contribution in [0.15, 0.2) is 59.0 Å². The lowest BCUT2D eigenvalue weighted by Crippen LogP contribution is -2.26. The van der Waals surface area contributed by atoms with E-state index in [9.17, 15) is 9.18 Å². The van der Waals surface area contributed by atoms with E-state index >= 15 is 0 Å². The molecule has 0 aliphatic heterocycles. The van der Waals surface area contributed by atoms with Gasteiger partial charge in [-0.2, -0.15) is 0 Å². The summed E-state index contributed by atoms with van der Waals surface area (Å²) < 4.78 is 24.8. The van der Waals surface area contributed by atoms with Crippen molar-refractivity contribution < 1.29 is 18.3 Å². The SMILES string of the molecule is COc1ccc(C)cc1CN(C)C(=O)c1ccc(-c2ccccc2F)o1. The molecule has 4 nitrogen and oxygen atoms in total. The molecule has 0 N–H and O–H groups in total. The molecule has 0 aliphatic carbocycles. The summed E-state index contributed by atoms with van der Waals surface area (Å²) in [4.78, 5) is 14.2. The smallest absolute Gasteiger partial charge is 0.289 e. The molecule has 0 unspecified atom stereocenters. The Hall–Kier alpha value is -3.08. The molecule has 0 bridgehead atoms. The van der Waals surface area contributed by atoms with Gasteiger partial charge in [0.25, 0.3) is 5.91 Å². The third kappa shape index (κ3) is 3.61. The van der Waals surface area contributed by atoms with Crippen molar-refractivity contribution in [2.75, 3.05) is 14.2 Å². The number of methoxy groups -OCH3 is 1. The number of carbonyl (C=O) groups is 1. The highest BCUT2D eigenvalue weighted by molar-refractivity contribution is 5.92. The summed E-state index contributed by atoms with van der Waals surface area (Å²) in [6, 6.07) is 15.3. The minimum atomic E-state index is -0.390. The Bertz CT molecular complexity index is 933. The number of halogens is 1. The van der Waals surface area contributed by atoms with Crippen LogP contribution in [0.2, 0.25) is 0 Å². The van der Waals surface area contributed by atoms with Crippen LogP contribution in [0, 0.1) is 12.7 Å². The van der Waals surface area contributed by atoms with Crippen LogP contribution in [-0.2, 0) is 6.54 Å². The van der Waals surface area contributed by atoms with Crippen molar-refractivity contribution in [1.29, 1.82) is 0 Å². The van der Waals surface area contributed by atoms with E-state index in [2.05, 4.69) is 0 Å². The van der Waals surface area contributed by atoms with Crippen LogP contribution in [0.3, 0.4) is 0 Å². The average Bonchev–Trinajstić information content (AvgIpc) is 3.11. The molecule has 0 aliphatic rings. The van der Waals surface area contributed by atoms with Crippen LogP contribution in [-0.4, -0.2) is 25.0 Å². The number of hydrogen-bond acceptors (Lipinski definition) is 3. The zero-order chi connectivity index (χ0) is 18.7. The number of furan rings is 1. The summed E-state index contributed by atoms with van der Waals surface area (Å²) in [6.45, 7) is 2.36. The summed E-state index contributed by atoms with van der Waals surface area (Å²) in [6.07, 6.45) is 0. The van der Waals surface area contributed by atoms with Crippen LogP contribution < -0.4 is 4.74 Å². The van der Waals surface area contributed by atoms with Gasteiger partial charge in [0.15, 0.2) is 5.76 Å². The van der Waals surface area contributed by atoms with Gasteiger partial charge in [0.05, 0.1) is 12.7 Å². The first-order chi connectivity index (χ1) is 12.5. The van der Waals surface area contributed by atoms with Gasteiger partial charge in [-0.25, -0.2) is 4.39 Å². The first-order valence-electron chi connectivity index (χ1n) is 8.23. The second-order valence-corrected chi connectivity index (χ2v) is 6.12. The van der Waals surface area contributed by atoms with Crippen molar-refractivity contribution in [2.45, 2.75) is 13.5 Å². The largest absolute Gasteiger partial charge is 0.496 e. The molecule has 1 heterocycles. The monoisotopic (exact) mass is 353 g/mol. The third-order valence-electron chi connectivity index (χ3n) is 4.15. The number of nitrogens with zero attached hydrogens (tertiary/aromatic N) is 1. The Balaban J connectivity index is 1.80. The summed E-state index contributed by atoms with van der Waals surface area (Å²) in [5.41, 5.74) is 2.32. The Morgan fingerprint density at radius 3 is 2.65 bits per heavy atom. The number of benzene rings is 2. The Kier molecular flexibility index (Phi) is 5.07. The minimum absolute atomic E-state index is 0.164. The summed E-state index contributed by atoms with van der Waals surface area (Å²) in [5, 5.41) is 0. The Morgan fingerprint density at radius 1 is 1.15 bits per heavy atom. The highest BCUT2D eigenvalue weighted by atomic mass is 19.1. The lowest BCUT2D eigenvalue weighted by atomic mass is 10.1. The van der Waals surface area contributed by atoms with E-state index in [0.717, 1.165) is 16.9 Å². The van der Waals surface area contributed by atoms with Crippen molar-refractivity contribution in [2.24, 2.45) is 0 Å². The molecule has 1 aromatic heterocycles. The maximum Gasteiger partial charge on any atom is 0.289 e. The topological polar surface area (TPSA) is 42.7 Å². The molecule has 1 amide bonds. The molecule has 0 fully saturated rings. The van der Waals surface area contributed by atoms with E-state index in [1.54, 1.807) is 49.4 Å². The lowest BCUT2D eigenvalue weighted by molar-refractivity contribution is 0.0753. The summed E-state index contributed by atoms with van der Waals surface area (Å²) in [5.74, 6) is 0.543. The van der Waals surface area contributed by atoms with E-state index in [4.69, 9.17) is 9.15 Å². The van der Waals surface area contributed by atoms with E-state index < -0.39 is 5.82 Å². The van der Waals surface area contributed by atoms with Crippen LogP contribution in [0.25, 0.3) is 11.3 Å². The Morgan fingerprint density at radius 2 is 1.92 bits per heavy atom. The van der Waals surface area contributed by atoms with Crippen molar-refractivity contribution in [1.82, 2.24) is 4.90 Å². The molecule has 0 spiro atoms. The number of carbonyl (C=O) groups excluding carboxylic acids is 1. The zero-order valence-electron chi connectivity index (χ0n) is 15.0. The molecule has 0 radical (unpaired) electrons. The minimum Gasteiger partial charge on any atom is -0.496 e. The van der Waals surface area contributed by atoms with Gasteiger partial charge in [0.1, 0.15) is 17.3 Å². The first-order valence-corrected chi connectivity index (χ1v) is 8.23. The van der Waals surface area contributed by atoms with Gasteiger partial charge in [-0.3, -0.25) is 4.79 Å². The normalized spacial score (nSPS) is 10.6. The molecule has 0 saturated carbocycles. The molecule has 0 saturated heterocycles. The van der Waals surface area contributed by atoms with E-state index in [1.807, 2.05) is 25.1 Å². The molecule has 3 rings (SSSR count). The first kappa shape index (κ1) is 17.7. The van der Waals surface area contributed by atoms with E-state index in [1.165, 1.54) is 6.07 Å². The molecule has 3 aromatic rings. The summed E-state index contributed by atoms with van der Waals surface area (Å²) in [7, 11) is 3.29. The number of aryl methyl sites for hydroxylation is 1. The fourth-order valence-corrected chi connectivity index (χ4v) is 2.80. The van der Waals surface area contributed by atoms with Gasteiger partial charge in [-0.15, -0.1) is 0 Å². The third-order valence-corrected chi connectivity index (χ3v) is 4.15. The second-order valence-electron chi connectivity index (χ2n) is 6.12. The highest BCUT2D eigenvalue weighted by Gasteiger charge is 2.19. The van der Waals surface area contributed by atoms with Crippen LogP contribution in [0.1, 0.15) is 21.7 Å². The van der Waals surface area contributed by atoms with E-state index in [0.29, 0.717) is 17.9 Å². The average molecular weight is 353 g/mol. The molecule has 0 atom stereocenters. The predicted molar refractivity (Wildman–Crippen MR) is 97.6 cm³/mol.